The largest absolute Gasteiger partial charge is 0.462 e. The van der Waals surface area contributed by atoms with Gasteiger partial charge in [0.2, 0.25) is 0 Å². The molecule has 0 heterocycles. The third kappa shape index (κ3) is 58.1. The van der Waals surface area contributed by atoms with Crippen molar-refractivity contribution >= 4 is 17.9 Å². The lowest BCUT2D eigenvalue weighted by Gasteiger charge is -2.18. The molecular formula is C65H118O6. The molecule has 0 aliphatic heterocycles. The molecule has 0 saturated heterocycles. The van der Waals surface area contributed by atoms with Crippen molar-refractivity contribution in [2.45, 2.75) is 335 Å². The van der Waals surface area contributed by atoms with Crippen molar-refractivity contribution in [1.29, 1.82) is 0 Å². The van der Waals surface area contributed by atoms with E-state index in [1.165, 1.54) is 199 Å². The Morgan fingerprint density at radius 1 is 0.296 bits per heavy atom. The van der Waals surface area contributed by atoms with Gasteiger partial charge in [-0.1, -0.05) is 281 Å². The van der Waals surface area contributed by atoms with Gasteiger partial charge in [0, 0.05) is 19.3 Å². The molecule has 0 bridgehead atoms. The van der Waals surface area contributed by atoms with Crippen LogP contribution in [0.4, 0.5) is 0 Å². The first-order valence-corrected chi connectivity index (χ1v) is 31.1. The van der Waals surface area contributed by atoms with Gasteiger partial charge < -0.3 is 14.2 Å². The van der Waals surface area contributed by atoms with E-state index in [9.17, 15) is 14.4 Å². The Labute approximate surface area is 441 Å². The average molecular weight is 996 g/mol. The highest BCUT2D eigenvalue weighted by atomic mass is 16.6. The van der Waals surface area contributed by atoms with E-state index in [4.69, 9.17) is 14.2 Å². The number of unbranched alkanes of at least 4 members (excludes halogenated alkanes) is 38. The molecule has 6 nitrogen and oxygen atoms in total. The summed E-state index contributed by atoms with van der Waals surface area (Å²) in [6.07, 6.45) is 74.0. The maximum absolute atomic E-state index is 12.9. The van der Waals surface area contributed by atoms with Crippen molar-refractivity contribution in [2.75, 3.05) is 13.2 Å². The number of rotatable bonds is 57. The first-order valence-electron chi connectivity index (χ1n) is 31.1. The van der Waals surface area contributed by atoms with E-state index in [1.807, 2.05) is 0 Å². The SMILES string of the molecule is CC/C=C\C/C=C\C/C=C\CCCCCCCCCC(=O)OC(COC(=O)CCCCCCC/C=C\CCCCCCCC)COC(=O)CCCCCCCCCCCCCCCCCCCCCCC. The Morgan fingerprint density at radius 2 is 0.549 bits per heavy atom. The summed E-state index contributed by atoms with van der Waals surface area (Å²) in [4.78, 5) is 38.3. The van der Waals surface area contributed by atoms with Gasteiger partial charge in [-0.2, -0.15) is 0 Å². The Morgan fingerprint density at radius 3 is 0.873 bits per heavy atom. The van der Waals surface area contributed by atoms with Crippen molar-refractivity contribution in [2.24, 2.45) is 0 Å². The van der Waals surface area contributed by atoms with Gasteiger partial charge in [0.1, 0.15) is 13.2 Å². The van der Waals surface area contributed by atoms with E-state index < -0.39 is 6.10 Å². The molecule has 71 heavy (non-hydrogen) atoms. The van der Waals surface area contributed by atoms with Crippen molar-refractivity contribution in [3.63, 3.8) is 0 Å². The number of allylic oxidation sites excluding steroid dienone is 8. The first kappa shape index (κ1) is 68.4. The molecule has 0 aliphatic rings. The van der Waals surface area contributed by atoms with E-state index in [-0.39, 0.29) is 31.1 Å². The average Bonchev–Trinajstić information content (AvgIpc) is 3.37. The molecule has 414 valence electrons. The molecule has 0 saturated carbocycles. The highest BCUT2D eigenvalue weighted by Crippen LogP contribution is 2.17. The number of hydrogen-bond acceptors (Lipinski definition) is 6. The van der Waals surface area contributed by atoms with E-state index in [2.05, 4.69) is 69.4 Å². The van der Waals surface area contributed by atoms with Gasteiger partial charge >= 0.3 is 17.9 Å². The quantitative estimate of drug-likeness (QED) is 0.0261. The molecule has 0 spiro atoms. The summed E-state index contributed by atoms with van der Waals surface area (Å²) < 4.78 is 16.9. The second-order valence-corrected chi connectivity index (χ2v) is 20.9. The molecule has 0 amide bonds. The minimum atomic E-state index is -0.780. The molecule has 0 rings (SSSR count). The Hall–Kier alpha value is -2.63. The third-order valence-electron chi connectivity index (χ3n) is 13.8. The van der Waals surface area contributed by atoms with Crippen LogP contribution in [0.25, 0.3) is 0 Å². The fourth-order valence-corrected chi connectivity index (χ4v) is 9.16. The standard InChI is InChI=1S/C65H118O6/c1-4-7-10-13-16-19-22-25-28-30-31-32-33-35-37-40-43-46-49-52-55-58-64(67)70-61-62(60-69-63(66)57-54-51-48-45-42-39-36-27-24-21-18-15-12-9-6-3)71-65(68)59-56-53-50-47-44-41-38-34-29-26-23-20-17-14-11-8-5-2/h8,11,17,20,26-27,29,36,62H,4-7,9-10,12-16,18-19,21-25,28,30-35,37-61H2,1-3H3/b11-8-,20-17-,29-26-,36-27-. The fourth-order valence-electron chi connectivity index (χ4n) is 9.16. The van der Waals surface area contributed by atoms with Gasteiger partial charge in [-0.05, 0) is 77.0 Å². The minimum Gasteiger partial charge on any atom is -0.462 e. The van der Waals surface area contributed by atoms with Crippen LogP contribution in [0.3, 0.4) is 0 Å². The van der Waals surface area contributed by atoms with Gasteiger partial charge in [0.25, 0.3) is 0 Å². The van der Waals surface area contributed by atoms with Crippen molar-refractivity contribution in [3.05, 3.63) is 48.6 Å². The molecule has 1 unspecified atom stereocenters. The van der Waals surface area contributed by atoms with E-state index >= 15 is 0 Å². The summed E-state index contributed by atoms with van der Waals surface area (Å²) in [5, 5.41) is 0. The normalized spacial score (nSPS) is 12.3. The van der Waals surface area contributed by atoms with Gasteiger partial charge in [-0.3, -0.25) is 14.4 Å². The van der Waals surface area contributed by atoms with Crippen molar-refractivity contribution < 1.29 is 28.6 Å². The van der Waals surface area contributed by atoms with Crippen LogP contribution in [0.1, 0.15) is 329 Å². The number of esters is 3. The molecular weight excluding hydrogens is 877 g/mol. The number of hydrogen-bond donors (Lipinski definition) is 0. The van der Waals surface area contributed by atoms with Crippen LogP contribution in [0, 0.1) is 0 Å². The second kappa shape index (κ2) is 59.9. The van der Waals surface area contributed by atoms with Gasteiger partial charge in [-0.15, -0.1) is 0 Å². The predicted molar refractivity (Wildman–Crippen MR) is 307 cm³/mol. The van der Waals surface area contributed by atoms with Crippen LogP contribution in [0.5, 0.6) is 0 Å². The Bertz CT molecular complexity index is 1230. The topological polar surface area (TPSA) is 78.9 Å². The minimum absolute atomic E-state index is 0.0763. The van der Waals surface area contributed by atoms with Crippen LogP contribution in [0.2, 0.25) is 0 Å². The third-order valence-corrected chi connectivity index (χ3v) is 13.8. The van der Waals surface area contributed by atoms with Crippen LogP contribution in [-0.4, -0.2) is 37.2 Å². The van der Waals surface area contributed by atoms with Gasteiger partial charge in [0.05, 0.1) is 0 Å². The first-order chi connectivity index (χ1) is 35.0. The van der Waals surface area contributed by atoms with Crippen LogP contribution < -0.4 is 0 Å². The summed E-state index contributed by atoms with van der Waals surface area (Å²) >= 11 is 0. The summed E-state index contributed by atoms with van der Waals surface area (Å²) in [5.41, 5.74) is 0. The number of carbonyl (C=O) groups excluding carboxylic acids is 3. The fraction of sp³-hybridized carbons (Fsp3) is 0.831. The van der Waals surface area contributed by atoms with Gasteiger partial charge in [0.15, 0.2) is 6.10 Å². The van der Waals surface area contributed by atoms with E-state index in [1.54, 1.807) is 0 Å². The summed E-state index contributed by atoms with van der Waals surface area (Å²) in [5.74, 6) is -0.876. The number of carbonyl (C=O) groups is 3. The lowest BCUT2D eigenvalue weighted by Crippen LogP contribution is -2.30. The molecule has 0 fully saturated rings. The monoisotopic (exact) mass is 995 g/mol. The molecule has 0 radical (unpaired) electrons. The molecule has 0 N–H and O–H groups in total. The summed E-state index contributed by atoms with van der Waals surface area (Å²) in [6.45, 7) is 6.56. The van der Waals surface area contributed by atoms with Crippen LogP contribution >= 0.6 is 0 Å². The Balaban J connectivity index is 4.33. The molecule has 1 atom stereocenters. The highest BCUT2D eigenvalue weighted by Gasteiger charge is 2.19. The van der Waals surface area contributed by atoms with Crippen LogP contribution in [0.15, 0.2) is 48.6 Å². The van der Waals surface area contributed by atoms with E-state index in [0.29, 0.717) is 19.3 Å². The second-order valence-electron chi connectivity index (χ2n) is 20.9. The summed E-state index contributed by atoms with van der Waals surface area (Å²) in [7, 11) is 0. The zero-order chi connectivity index (χ0) is 51.4. The lowest BCUT2D eigenvalue weighted by molar-refractivity contribution is -0.167. The van der Waals surface area contributed by atoms with Gasteiger partial charge in [-0.25, -0.2) is 0 Å². The maximum Gasteiger partial charge on any atom is 0.306 e. The number of ether oxygens (including phenoxy) is 3. The Kier molecular flexibility index (Phi) is 57.7. The van der Waals surface area contributed by atoms with E-state index in [0.717, 1.165) is 89.9 Å². The highest BCUT2D eigenvalue weighted by molar-refractivity contribution is 5.71. The van der Waals surface area contributed by atoms with Crippen molar-refractivity contribution in [1.82, 2.24) is 0 Å². The summed E-state index contributed by atoms with van der Waals surface area (Å²) in [6, 6.07) is 0. The molecule has 0 aromatic rings. The molecule has 0 aliphatic carbocycles. The lowest BCUT2D eigenvalue weighted by atomic mass is 10.0. The predicted octanol–water partition coefficient (Wildman–Crippen LogP) is 21.0. The zero-order valence-corrected chi connectivity index (χ0v) is 47.5. The zero-order valence-electron chi connectivity index (χ0n) is 47.5. The molecule has 6 heteroatoms. The molecule has 0 aromatic carbocycles. The van der Waals surface area contributed by atoms with Crippen molar-refractivity contribution in [3.8, 4) is 0 Å². The molecule has 0 aromatic heterocycles. The smallest absolute Gasteiger partial charge is 0.306 e. The van der Waals surface area contributed by atoms with Crippen LogP contribution in [-0.2, 0) is 28.6 Å². The maximum atomic E-state index is 12.9.